The fourth-order valence-corrected chi connectivity index (χ4v) is 2.46. The Labute approximate surface area is 165 Å². The van der Waals surface area contributed by atoms with Crippen LogP contribution >= 0.6 is 0 Å². The molecule has 1 heterocycles. The van der Waals surface area contributed by atoms with E-state index in [2.05, 4.69) is 25.9 Å². The molecule has 0 aliphatic heterocycles. The van der Waals surface area contributed by atoms with Gasteiger partial charge in [-0.25, -0.2) is 4.98 Å². The van der Waals surface area contributed by atoms with Gasteiger partial charge in [-0.2, -0.15) is 18.2 Å². The molecule has 0 radical (unpaired) electrons. The summed E-state index contributed by atoms with van der Waals surface area (Å²) in [5, 5.41) is 8.60. The first-order valence-corrected chi connectivity index (χ1v) is 8.78. The molecule has 3 rings (SSSR count). The van der Waals surface area contributed by atoms with Gasteiger partial charge in [0.25, 0.3) is 0 Å². The minimum atomic E-state index is -4.42. The zero-order chi connectivity index (χ0) is 20.9. The van der Waals surface area contributed by atoms with E-state index in [9.17, 15) is 18.0 Å². The summed E-state index contributed by atoms with van der Waals surface area (Å²) in [7, 11) is 0. The van der Waals surface area contributed by atoms with E-state index in [0.29, 0.717) is 23.6 Å². The third-order valence-electron chi connectivity index (χ3n) is 3.84. The first kappa shape index (κ1) is 20.1. The predicted octanol–water partition coefficient (Wildman–Crippen LogP) is 5.33. The summed E-state index contributed by atoms with van der Waals surface area (Å²) in [6.07, 6.45) is -2.58. The van der Waals surface area contributed by atoms with Gasteiger partial charge in [-0.1, -0.05) is 19.1 Å². The molecule has 1 amide bonds. The van der Waals surface area contributed by atoms with E-state index in [4.69, 9.17) is 0 Å². The first-order valence-electron chi connectivity index (χ1n) is 8.78. The standard InChI is InChI=1S/C20H18F3N5O/c1-2-18(29)26-15-7-4-8-16(12-15)27-19-24-10-9-17(28-19)25-14-6-3-5-13(11-14)20(21,22)23/h3-12H,2H2,1H3,(H,26,29)(H2,24,25,27,28). The Kier molecular flexibility index (Phi) is 5.96. The molecule has 9 heteroatoms. The molecule has 29 heavy (non-hydrogen) atoms. The molecular weight excluding hydrogens is 383 g/mol. The molecule has 0 spiro atoms. The number of benzene rings is 2. The monoisotopic (exact) mass is 401 g/mol. The largest absolute Gasteiger partial charge is 0.416 e. The number of amides is 1. The zero-order valence-electron chi connectivity index (χ0n) is 15.4. The zero-order valence-corrected chi connectivity index (χ0v) is 15.4. The number of halogens is 3. The predicted molar refractivity (Wildman–Crippen MR) is 105 cm³/mol. The van der Waals surface area contributed by atoms with Gasteiger partial charge >= 0.3 is 6.18 Å². The normalized spacial score (nSPS) is 11.0. The second kappa shape index (κ2) is 8.59. The number of aromatic nitrogens is 2. The maximum Gasteiger partial charge on any atom is 0.416 e. The van der Waals surface area contributed by atoms with Crippen molar-refractivity contribution in [3.63, 3.8) is 0 Å². The highest BCUT2D eigenvalue weighted by atomic mass is 19.4. The van der Waals surface area contributed by atoms with Gasteiger partial charge in [0.2, 0.25) is 11.9 Å². The van der Waals surface area contributed by atoms with Crippen molar-refractivity contribution in [2.24, 2.45) is 0 Å². The lowest BCUT2D eigenvalue weighted by atomic mass is 10.2. The van der Waals surface area contributed by atoms with Gasteiger partial charge in [0.05, 0.1) is 5.56 Å². The van der Waals surface area contributed by atoms with Crippen molar-refractivity contribution in [2.45, 2.75) is 19.5 Å². The second-order valence-electron chi connectivity index (χ2n) is 6.08. The third kappa shape index (κ3) is 5.68. The summed E-state index contributed by atoms with van der Waals surface area (Å²) < 4.78 is 38.6. The summed E-state index contributed by atoms with van der Waals surface area (Å²) >= 11 is 0. The SMILES string of the molecule is CCC(=O)Nc1cccc(Nc2nccc(Nc3cccc(C(F)(F)F)c3)n2)c1. The quantitative estimate of drug-likeness (QED) is 0.520. The number of nitrogens with zero attached hydrogens (tertiary/aromatic N) is 2. The number of alkyl halides is 3. The summed E-state index contributed by atoms with van der Waals surface area (Å²) in [5.41, 5.74) is 0.782. The lowest BCUT2D eigenvalue weighted by Gasteiger charge is -2.11. The molecule has 0 bridgehead atoms. The molecule has 1 aromatic heterocycles. The van der Waals surface area contributed by atoms with E-state index < -0.39 is 11.7 Å². The summed E-state index contributed by atoms with van der Waals surface area (Å²) in [4.78, 5) is 19.9. The van der Waals surface area contributed by atoms with Crippen LogP contribution in [0.25, 0.3) is 0 Å². The minimum absolute atomic E-state index is 0.106. The van der Waals surface area contributed by atoms with Crippen LogP contribution in [0, 0.1) is 0 Å². The van der Waals surface area contributed by atoms with Gasteiger partial charge in [-0.15, -0.1) is 0 Å². The molecule has 0 saturated carbocycles. The van der Waals surface area contributed by atoms with Crippen molar-refractivity contribution in [3.8, 4) is 0 Å². The number of carbonyl (C=O) groups excluding carboxylic acids is 1. The van der Waals surface area contributed by atoms with Gasteiger partial charge in [0.15, 0.2) is 0 Å². The van der Waals surface area contributed by atoms with Crippen molar-refractivity contribution in [1.82, 2.24) is 9.97 Å². The Morgan fingerprint density at radius 2 is 1.66 bits per heavy atom. The molecule has 0 fully saturated rings. The molecule has 0 saturated heterocycles. The Hall–Kier alpha value is -3.62. The molecule has 0 aliphatic carbocycles. The van der Waals surface area contributed by atoms with Gasteiger partial charge in [0, 0.05) is 29.7 Å². The second-order valence-corrected chi connectivity index (χ2v) is 6.08. The van der Waals surface area contributed by atoms with E-state index in [1.54, 1.807) is 37.3 Å². The highest BCUT2D eigenvalue weighted by Gasteiger charge is 2.30. The van der Waals surface area contributed by atoms with E-state index in [1.165, 1.54) is 18.3 Å². The van der Waals surface area contributed by atoms with Gasteiger partial charge < -0.3 is 16.0 Å². The molecular formula is C20H18F3N5O. The molecule has 6 nitrogen and oxygen atoms in total. The van der Waals surface area contributed by atoms with Crippen molar-refractivity contribution in [2.75, 3.05) is 16.0 Å². The van der Waals surface area contributed by atoms with Gasteiger partial charge in [-0.05, 0) is 42.5 Å². The molecule has 0 aliphatic rings. The highest BCUT2D eigenvalue weighted by molar-refractivity contribution is 5.91. The lowest BCUT2D eigenvalue weighted by Crippen LogP contribution is -2.09. The fourth-order valence-electron chi connectivity index (χ4n) is 2.46. The lowest BCUT2D eigenvalue weighted by molar-refractivity contribution is -0.137. The third-order valence-corrected chi connectivity index (χ3v) is 3.84. The van der Waals surface area contributed by atoms with Crippen LogP contribution in [0.15, 0.2) is 60.8 Å². The summed E-state index contributed by atoms with van der Waals surface area (Å²) in [6, 6.07) is 13.4. The Morgan fingerprint density at radius 1 is 0.966 bits per heavy atom. The average Bonchev–Trinajstić information content (AvgIpc) is 2.68. The maximum absolute atomic E-state index is 12.9. The highest BCUT2D eigenvalue weighted by Crippen LogP contribution is 2.31. The van der Waals surface area contributed by atoms with Crippen LogP contribution in [0.3, 0.4) is 0 Å². The van der Waals surface area contributed by atoms with Crippen molar-refractivity contribution < 1.29 is 18.0 Å². The number of rotatable bonds is 6. The van der Waals surface area contributed by atoms with Crippen LogP contribution in [0.4, 0.5) is 42.0 Å². The minimum Gasteiger partial charge on any atom is -0.340 e. The van der Waals surface area contributed by atoms with Crippen LogP contribution in [0.5, 0.6) is 0 Å². The van der Waals surface area contributed by atoms with Crippen molar-refractivity contribution >= 4 is 34.7 Å². The van der Waals surface area contributed by atoms with E-state index in [0.717, 1.165) is 12.1 Å². The molecule has 3 aromatic rings. The number of hydrogen-bond donors (Lipinski definition) is 3. The van der Waals surface area contributed by atoms with Crippen LogP contribution < -0.4 is 16.0 Å². The summed E-state index contributed by atoms with van der Waals surface area (Å²) in [5.74, 6) is 0.476. The molecule has 150 valence electrons. The van der Waals surface area contributed by atoms with Crippen LogP contribution in [-0.2, 0) is 11.0 Å². The average molecular weight is 401 g/mol. The van der Waals surface area contributed by atoms with E-state index in [-0.39, 0.29) is 17.5 Å². The molecule has 0 atom stereocenters. The van der Waals surface area contributed by atoms with Gasteiger partial charge in [-0.3, -0.25) is 4.79 Å². The van der Waals surface area contributed by atoms with Crippen LogP contribution in [-0.4, -0.2) is 15.9 Å². The van der Waals surface area contributed by atoms with Gasteiger partial charge in [0.1, 0.15) is 5.82 Å². The Bertz CT molecular complexity index is 1010. The van der Waals surface area contributed by atoms with Crippen LogP contribution in [0.1, 0.15) is 18.9 Å². The number of anilines is 5. The maximum atomic E-state index is 12.9. The number of carbonyl (C=O) groups is 1. The van der Waals surface area contributed by atoms with E-state index >= 15 is 0 Å². The smallest absolute Gasteiger partial charge is 0.340 e. The molecule has 0 unspecified atom stereocenters. The molecule has 2 aromatic carbocycles. The summed E-state index contributed by atoms with van der Waals surface area (Å²) in [6.45, 7) is 1.76. The van der Waals surface area contributed by atoms with Crippen LogP contribution in [0.2, 0.25) is 0 Å². The topological polar surface area (TPSA) is 78.9 Å². The van der Waals surface area contributed by atoms with Crippen molar-refractivity contribution in [1.29, 1.82) is 0 Å². The van der Waals surface area contributed by atoms with Crippen molar-refractivity contribution in [3.05, 3.63) is 66.4 Å². The number of hydrogen-bond acceptors (Lipinski definition) is 5. The molecule has 3 N–H and O–H groups in total. The Morgan fingerprint density at radius 3 is 2.38 bits per heavy atom. The fraction of sp³-hybridized carbons (Fsp3) is 0.150. The number of nitrogens with one attached hydrogen (secondary N) is 3. The first-order chi connectivity index (χ1) is 13.8. The van der Waals surface area contributed by atoms with E-state index in [1.807, 2.05) is 0 Å². The Balaban J connectivity index is 1.74.